The van der Waals surface area contributed by atoms with Gasteiger partial charge in [-0.05, 0) is 30.6 Å². The minimum Gasteiger partial charge on any atom is -0.464 e. The van der Waals surface area contributed by atoms with Crippen molar-refractivity contribution in [1.29, 1.82) is 0 Å². The molecule has 2 aliphatic carbocycles. The van der Waals surface area contributed by atoms with E-state index in [1.807, 2.05) is 0 Å². The zero-order chi connectivity index (χ0) is 14.3. The van der Waals surface area contributed by atoms with E-state index in [1.165, 1.54) is 23.6 Å². The average molecular weight is 278 g/mol. The Hall–Kier alpha value is -2.18. The van der Waals surface area contributed by atoms with Crippen LogP contribution in [-0.2, 0) is 16.1 Å². The van der Waals surface area contributed by atoms with Gasteiger partial charge in [-0.1, -0.05) is 0 Å². The lowest BCUT2D eigenvalue weighted by molar-refractivity contribution is -0.386. The van der Waals surface area contributed by atoms with Gasteiger partial charge in [0.05, 0.1) is 17.7 Å². The summed E-state index contributed by atoms with van der Waals surface area (Å²) >= 11 is 0. The molecule has 1 atom stereocenters. The number of aromatic nitrogens is 1. The molecular formula is C13H14N2O5. The maximum absolute atomic E-state index is 11.7. The molecule has 0 radical (unpaired) electrons. The first kappa shape index (κ1) is 12.8. The number of esters is 1. The van der Waals surface area contributed by atoms with E-state index in [9.17, 15) is 19.7 Å². The number of carbonyl (C=O) groups is 1. The second-order valence-electron chi connectivity index (χ2n) is 5.57. The van der Waals surface area contributed by atoms with Crippen LogP contribution < -0.4 is 5.43 Å². The highest BCUT2D eigenvalue weighted by Gasteiger charge is 2.62. The van der Waals surface area contributed by atoms with Gasteiger partial charge in [-0.3, -0.25) is 19.7 Å². The standard InChI is InChI=1S/C13H14N2O5/c16-11-1-4-14(6-10(11)15(18)19)7-12(17)20-8-9-5-13(9)2-3-13/h1,4,6,9H,2-3,5,7-8H2. The third-order valence-electron chi connectivity index (χ3n) is 4.16. The molecule has 2 saturated carbocycles. The Morgan fingerprint density at radius 2 is 2.30 bits per heavy atom. The molecule has 0 bridgehead atoms. The van der Waals surface area contributed by atoms with Crippen LogP contribution >= 0.6 is 0 Å². The molecule has 106 valence electrons. The Kier molecular flexibility index (Phi) is 2.84. The van der Waals surface area contributed by atoms with Gasteiger partial charge in [-0.2, -0.15) is 0 Å². The molecule has 0 saturated heterocycles. The van der Waals surface area contributed by atoms with E-state index < -0.39 is 22.0 Å². The fraction of sp³-hybridized carbons (Fsp3) is 0.538. The van der Waals surface area contributed by atoms with Gasteiger partial charge in [0, 0.05) is 12.3 Å². The quantitative estimate of drug-likeness (QED) is 0.457. The topological polar surface area (TPSA) is 91.4 Å². The molecule has 2 aliphatic rings. The first-order chi connectivity index (χ1) is 9.50. The molecule has 1 spiro atoms. The first-order valence-electron chi connectivity index (χ1n) is 6.50. The van der Waals surface area contributed by atoms with E-state index in [0.717, 1.165) is 18.7 Å². The summed E-state index contributed by atoms with van der Waals surface area (Å²) in [6.07, 6.45) is 6.02. The molecule has 7 heteroatoms. The number of nitrogens with zero attached hydrogens (tertiary/aromatic N) is 2. The molecule has 7 nitrogen and oxygen atoms in total. The lowest BCUT2D eigenvalue weighted by atomic mass is 10.3. The van der Waals surface area contributed by atoms with Crippen LogP contribution in [0.5, 0.6) is 0 Å². The SMILES string of the molecule is O=C(Cn1ccc(=O)c([N+](=O)[O-])c1)OCC1CC12CC2. The first-order valence-corrected chi connectivity index (χ1v) is 6.50. The normalized spacial score (nSPS) is 21.5. The van der Waals surface area contributed by atoms with Crippen molar-refractivity contribution in [2.75, 3.05) is 6.61 Å². The fourth-order valence-electron chi connectivity index (χ4n) is 2.58. The molecular weight excluding hydrogens is 264 g/mol. The Morgan fingerprint density at radius 1 is 1.55 bits per heavy atom. The van der Waals surface area contributed by atoms with Gasteiger partial charge in [0.15, 0.2) is 0 Å². The second kappa shape index (κ2) is 4.43. The van der Waals surface area contributed by atoms with Crippen LogP contribution in [0.2, 0.25) is 0 Å². The van der Waals surface area contributed by atoms with Crippen LogP contribution in [0.25, 0.3) is 0 Å². The highest BCUT2D eigenvalue weighted by atomic mass is 16.6. The molecule has 0 N–H and O–H groups in total. The summed E-state index contributed by atoms with van der Waals surface area (Å²) in [4.78, 5) is 32.8. The maximum atomic E-state index is 11.7. The summed E-state index contributed by atoms with van der Waals surface area (Å²) in [5, 5.41) is 10.6. The van der Waals surface area contributed by atoms with Crippen molar-refractivity contribution in [1.82, 2.24) is 4.57 Å². The van der Waals surface area contributed by atoms with Gasteiger partial charge in [0.25, 0.3) is 5.43 Å². The molecule has 1 aromatic heterocycles. The Labute approximate surface area is 114 Å². The maximum Gasteiger partial charge on any atom is 0.332 e. The largest absolute Gasteiger partial charge is 0.464 e. The van der Waals surface area contributed by atoms with Gasteiger partial charge in [-0.15, -0.1) is 0 Å². The number of rotatable bonds is 5. The predicted octanol–water partition coefficient (Wildman–Crippen LogP) is 1.10. The zero-order valence-corrected chi connectivity index (χ0v) is 10.8. The number of nitro groups is 1. The third-order valence-corrected chi connectivity index (χ3v) is 4.16. The second-order valence-corrected chi connectivity index (χ2v) is 5.57. The summed E-state index contributed by atoms with van der Waals surface area (Å²) in [6.45, 7) is 0.308. The van der Waals surface area contributed by atoms with Gasteiger partial charge in [0.2, 0.25) is 0 Å². The average Bonchev–Trinajstić information content (AvgIpc) is 3.30. The summed E-state index contributed by atoms with van der Waals surface area (Å²) in [7, 11) is 0. The lowest BCUT2D eigenvalue weighted by Gasteiger charge is -2.06. The highest BCUT2D eigenvalue weighted by molar-refractivity contribution is 5.69. The van der Waals surface area contributed by atoms with E-state index in [4.69, 9.17) is 4.74 Å². The van der Waals surface area contributed by atoms with E-state index in [1.54, 1.807) is 0 Å². The van der Waals surface area contributed by atoms with E-state index >= 15 is 0 Å². The molecule has 1 aromatic rings. The molecule has 1 unspecified atom stereocenters. The van der Waals surface area contributed by atoms with E-state index in [-0.39, 0.29) is 6.54 Å². The molecule has 1 heterocycles. The molecule has 20 heavy (non-hydrogen) atoms. The number of pyridine rings is 1. The summed E-state index contributed by atoms with van der Waals surface area (Å²) in [5.41, 5.74) is -0.733. The van der Waals surface area contributed by atoms with Gasteiger partial charge >= 0.3 is 11.7 Å². The van der Waals surface area contributed by atoms with E-state index in [0.29, 0.717) is 17.9 Å². The molecule has 0 amide bonds. The van der Waals surface area contributed by atoms with E-state index in [2.05, 4.69) is 0 Å². The fourth-order valence-corrected chi connectivity index (χ4v) is 2.58. The van der Waals surface area contributed by atoms with Crippen molar-refractivity contribution in [3.8, 4) is 0 Å². The number of hydrogen-bond acceptors (Lipinski definition) is 5. The molecule has 0 aliphatic heterocycles. The lowest BCUT2D eigenvalue weighted by Crippen LogP contribution is -2.17. The monoisotopic (exact) mass is 278 g/mol. The summed E-state index contributed by atoms with van der Waals surface area (Å²) in [5.74, 6) is 0.0560. The van der Waals surface area contributed by atoms with Crippen molar-refractivity contribution in [2.24, 2.45) is 11.3 Å². The predicted molar refractivity (Wildman–Crippen MR) is 68.1 cm³/mol. The van der Waals surface area contributed by atoms with Gasteiger partial charge in [0.1, 0.15) is 6.54 Å². The molecule has 2 fully saturated rings. The smallest absolute Gasteiger partial charge is 0.332 e. The van der Waals surface area contributed by atoms with Crippen molar-refractivity contribution in [2.45, 2.75) is 25.8 Å². The van der Waals surface area contributed by atoms with Crippen LogP contribution in [-0.4, -0.2) is 22.1 Å². The van der Waals surface area contributed by atoms with Crippen molar-refractivity contribution in [3.05, 3.63) is 38.8 Å². The minimum atomic E-state index is -0.759. The van der Waals surface area contributed by atoms with Crippen LogP contribution in [0, 0.1) is 21.4 Å². The van der Waals surface area contributed by atoms with Crippen molar-refractivity contribution in [3.63, 3.8) is 0 Å². The van der Waals surface area contributed by atoms with Crippen molar-refractivity contribution >= 4 is 11.7 Å². The summed E-state index contributed by atoms with van der Waals surface area (Å²) in [6, 6.07) is 1.07. The summed E-state index contributed by atoms with van der Waals surface area (Å²) < 4.78 is 6.46. The number of hydrogen-bond donors (Lipinski definition) is 0. The Bertz CT molecular complexity index is 632. The Morgan fingerprint density at radius 3 is 2.90 bits per heavy atom. The van der Waals surface area contributed by atoms with Gasteiger partial charge in [-0.25, -0.2) is 0 Å². The van der Waals surface area contributed by atoms with Crippen LogP contribution in [0.1, 0.15) is 19.3 Å². The highest BCUT2D eigenvalue weighted by Crippen LogP contribution is 2.70. The zero-order valence-electron chi connectivity index (χ0n) is 10.8. The van der Waals surface area contributed by atoms with Crippen LogP contribution in [0.4, 0.5) is 5.69 Å². The van der Waals surface area contributed by atoms with Gasteiger partial charge < -0.3 is 9.30 Å². The molecule has 3 rings (SSSR count). The third kappa shape index (κ3) is 2.43. The Balaban J connectivity index is 1.56. The minimum absolute atomic E-state index is 0.124. The molecule has 0 aromatic carbocycles. The van der Waals surface area contributed by atoms with Crippen molar-refractivity contribution < 1.29 is 14.5 Å². The number of carbonyl (C=O) groups excluding carboxylic acids is 1. The van der Waals surface area contributed by atoms with Crippen LogP contribution in [0.3, 0.4) is 0 Å². The number of ether oxygens (including phenoxy) is 1. The van der Waals surface area contributed by atoms with Crippen LogP contribution in [0.15, 0.2) is 23.3 Å².